The maximum Gasteiger partial charge on any atom is 0.0662 e. The maximum atomic E-state index is 4.53. The molecular weight excluding hydrogens is 276 g/mol. The molecule has 0 spiro atoms. The van der Waals surface area contributed by atoms with Crippen LogP contribution in [0.3, 0.4) is 0 Å². The molecule has 0 N–H and O–H groups in total. The summed E-state index contributed by atoms with van der Waals surface area (Å²) in [7, 11) is 0. The van der Waals surface area contributed by atoms with Gasteiger partial charge in [0.1, 0.15) is 0 Å². The van der Waals surface area contributed by atoms with Crippen LogP contribution in [-0.4, -0.2) is 9.78 Å². The van der Waals surface area contributed by atoms with Crippen LogP contribution in [-0.2, 0) is 11.9 Å². The van der Waals surface area contributed by atoms with Crippen molar-refractivity contribution in [2.24, 2.45) is 0 Å². The molecule has 1 aliphatic rings. The molecule has 2 aromatic rings. The van der Waals surface area contributed by atoms with Crippen LogP contribution in [0.1, 0.15) is 35.6 Å². The van der Waals surface area contributed by atoms with Gasteiger partial charge in [-0.2, -0.15) is 5.10 Å². The number of nitrogens with zero attached hydrogens (tertiary/aromatic N) is 2. The van der Waals surface area contributed by atoms with Crippen molar-refractivity contribution in [1.29, 1.82) is 0 Å². The van der Waals surface area contributed by atoms with E-state index in [-0.39, 0.29) is 0 Å². The zero-order chi connectivity index (χ0) is 11.7. The quantitative estimate of drug-likeness (QED) is 0.785. The molecule has 3 heteroatoms. The van der Waals surface area contributed by atoms with Gasteiger partial charge >= 0.3 is 0 Å². The van der Waals surface area contributed by atoms with Gasteiger partial charge in [0, 0.05) is 22.5 Å². The molecule has 1 aliphatic carbocycles. The summed E-state index contributed by atoms with van der Waals surface area (Å²) in [5, 5.41) is 5.44. The Morgan fingerprint density at radius 2 is 2.00 bits per heavy atom. The largest absolute Gasteiger partial charge is 0.265 e. The van der Waals surface area contributed by atoms with Crippen LogP contribution in [0.25, 0.3) is 0 Å². The monoisotopic (exact) mass is 290 g/mol. The van der Waals surface area contributed by atoms with Crippen molar-refractivity contribution in [3.8, 4) is 0 Å². The molecular formula is C14H15BrN2. The van der Waals surface area contributed by atoms with Gasteiger partial charge in [-0.3, -0.25) is 4.68 Å². The second-order valence-electron chi connectivity index (χ2n) is 4.61. The Morgan fingerprint density at radius 3 is 2.65 bits per heavy atom. The van der Waals surface area contributed by atoms with Gasteiger partial charge in [-0.25, -0.2) is 0 Å². The number of rotatable bonds is 4. The SMILES string of the molecule is BrCc1cnn(Cc2ccccc2)c1C1CC1. The first-order chi connectivity index (χ1) is 8.38. The van der Waals surface area contributed by atoms with E-state index in [1.807, 2.05) is 6.20 Å². The Labute approximate surface area is 110 Å². The number of hydrogen-bond acceptors (Lipinski definition) is 1. The fraction of sp³-hybridized carbons (Fsp3) is 0.357. The van der Waals surface area contributed by atoms with Crippen LogP contribution >= 0.6 is 15.9 Å². The standard InChI is InChI=1S/C14H15BrN2/c15-8-13-9-16-17(14(13)12-6-7-12)10-11-4-2-1-3-5-11/h1-5,9,12H,6-8,10H2. The number of hydrogen-bond donors (Lipinski definition) is 0. The molecule has 1 fully saturated rings. The summed E-state index contributed by atoms with van der Waals surface area (Å²) in [6, 6.07) is 10.5. The lowest BCUT2D eigenvalue weighted by molar-refractivity contribution is 0.645. The fourth-order valence-corrected chi connectivity index (χ4v) is 2.68. The summed E-state index contributed by atoms with van der Waals surface area (Å²) >= 11 is 3.55. The highest BCUT2D eigenvalue weighted by Crippen LogP contribution is 2.42. The van der Waals surface area contributed by atoms with E-state index in [4.69, 9.17) is 0 Å². The van der Waals surface area contributed by atoms with Crippen molar-refractivity contribution in [3.05, 3.63) is 53.3 Å². The van der Waals surface area contributed by atoms with Gasteiger partial charge in [-0.05, 0) is 18.4 Å². The molecule has 1 saturated carbocycles. The van der Waals surface area contributed by atoms with Gasteiger partial charge in [-0.1, -0.05) is 46.3 Å². The first kappa shape index (κ1) is 11.0. The lowest BCUT2D eigenvalue weighted by atomic mass is 10.2. The molecule has 1 aromatic carbocycles. The van der Waals surface area contributed by atoms with E-state index in [0.717, 1.165) is 17.8 Å². The molecule has 0 radical (unpaired) electrons. The minimum atomic E-state index is 0.744. The van der Waals surface area contributed by atoms with Gasteiger partial charge in [0.05, 0.1) is 12.7 Å². The van der Waals surface area contributed by atoms with Gasteiger partial charge < -0.3 is 0 Å². The van der Waals surface area contributed by atoms with Crippen LogP contribution in [0, 0.1) is 0 Å². The fourth-order valence-electron chi connectivity index (χ4n) is 2.25. The summed E-state index contributed by atoms with van der Waals surface area (Å²) in [5.41, 5.74) is 4.10. The van der Waals surface area contributed by atoms with Gasteiger partial charge in [-0.15, -0.1) is 0 Å². The average Bonchev–Trinajstić information content (AvgIpc) is 3.13. The number of alkyl halides is 1. The lowest BCUT2D eigenvalue weighted by Gasteiger charge is -2.08. The predicted molar refractivity (Wildman–Crippen MR) is 72.4 cm³/mol. The average molecular weight is 291 g/mol. The zero-order valence-electron chi connectivity index (χ0n) is 9.64. The molecule has 17 heavy (non-hydrogen) atoms. The van der Waals surface area contributed by atoms with Crippen LogP contribution < -0.4 is 0 Å². The Hall–Kier alpha value is -1.09. The van der Waals surface area contributed by atoms with E-state index in [0.29, 0.717) is 0 Å². The van der Waals surface area contributed by atoms with E-state index in [2.05, 4.69) is 56.0 Å². The zero-order valence-corrected chi connectivity index (χ0v) is 11.2. The summed E-state index contributed by atoms with van der Waals surface area (Å²) in [6.45, 7) is 0.889. The summed E-state index contributed by atoms with van der Waals surface area (Å²) < 4.78 is 2.17. The predicted octanol–water partition coefficient (Wildman–Crippen LogP) is 3.70. The van der Waals surface area contributed by atoms with E-state index >= 15 is 0 Å². The topological polar surface area (TPSA) is 17.8 Å². The summed E-state index contributed by atoms with van der Waals surface area (Å²) in [5.74, 6) is 0.744. The van der Waals surface area contributed by atoms with Crippen molar-refractivity contribution in [1.82, 2.24) is 9.78 Å². The van der Waals surface area contributed by atoms with Crippen LogP contribution in [0.2, 0.25) is 0 Å². The molecule has 0 bridgehead atoms. The minimum absolute atomic E-state index is 0.744. The van der Waals surface area contributed by atoms with E-state index < -0.39 is 0 Å². The summed E-state index contributed by atoms with van der Waals surface area (Å²) in [4.78, 5) is 0. The molecule has 88 valence electrons. The molecule has 0 aliphatic heterocycles. The number of halogens is 1. The molecule has 1 aromatic heterocycles. The van der Waals surface area contributed by atoms with Gasteiger partial charge in [0.15, 0.2) is 0 Å². The molecule has 0 unspecified atom stereocenters. The highest BCUT2D eigenvalue weighted by atomic mass is 79.9. The Kier molecular flexibility index (Phi) is 3.02. The molecule has 0 atom stereocenters. The van der Waals surface area contributed by atoms with Crippen molar-refractivity contribution in [2.75, 3.05) is 0 Å². The molecule has 2 nitrogen and oxygen atoms in total. The van der Waals surface area contributed by atoms with Crippen LogP contribution in [0.5, 0.6) is 0 Å². The van der Waals surface area contributed by atoms with Crippen LogP contribution in [0.4, 0.5) is 0 Å². The lowest BCUT2D eigenvalue weighted by Crippen LogP contribution is -2.06. The highest BCUT2D eigenvalue weighted by molar-refractivity contribution is 9.08. The minimum Gasteiger partial charge on any atom is -0.265 e. The van der Waals surface area contributed by atoms with E-state index in [1.165, 1.54) is 29.7 Å². The molecule has 1 heterocycles. The van der Waals surface area contributed by atoms with Gasteiger partial charge in [0.2, 0.25) is 0 Å². The van der Waals surface area contributed by atoms with E-state index in [9.17, 15) is 0 Å². The summed E-state index contributed by atoms with van der Waals surface area (Å²) in [6.07, 6.45) is 4.65. The Morgan fingerprint density at radius 1 is 1.24 bits per heavy atom. The Balaban J connectivity index is 1.90. The third-order valence-electron chi connectivity index (χ3n) is 3.24. The van der Waals surface area contributed by atoms with Crippen molar-refractivity contribution >= 4 is 15.9 Å². The maximum absolute atomic E-state index is 4.53. The first-order valence-electron chi connectivity index (χ1n) is 6.03. The van der Waals surface area contributed by atoms with Gasteiger partial charge in [0.25, 0.3) is 0 Å². The van der Waals surface area contributed by atoms with Crippen molar-refractivity contribution in [2.45, 2.75) is 30.6 Å². The molecule has 0 saturated heterocycles. The third kappa shape index (κ3) is 2.29. The van der Waals surface area contributed by atoms with Crippen LogP contribution in [0.15, 0.2) is 36.5 Å². The third-order valence-corrected chi connectivity index (χ3v) is 3.85. The smallest absolute Gasteiger partial charge is 0.0662 e. The normalized spacial score (nSPS) is 15.1. The highest BCUT2D eigenvalue weighted by Gasteiger charge is 2.29. The number of aromatic nitrogens is 2. The first-order valence-corrected chi connectivity index (χ1v) is 7.15. The van der Waals surface area contributed by atoms with Crippen molar-refractivity contribution in [3.63, 3.8) is 0 Å². The second kappa shape index (κ2) is 4.65. The molecule has 3 rings (SSSR count). The molecule has 0 amide bonds. The van der Waals surface area contributed by atoms with E-state index in [1.54, 1.807) is 0 Å². The Bertz CT molecular complexity index is 500. The van der Waals surface area contributed by atoms with Crippen molar-refractivity contribution < 1.29 is 0 Å². The second-order valence-corrected chi connectivity index (χ2v) is 5.17. The number of benzene rings is 1.